The summed E-state index contributed by atoms with van der Waals surface area (Å²) in [5.74, 6) is -1.85. The van der Waals surface area contributed by atoms with Crippen molar-refractivity contribution in [1.29, 1.82) is 0 Å². The number of anilines is 2. The Kier molecular flexibility index (Phi) is 7.94. The summed E-state index contributed by atoms with van der Waals surface area (Å²) in [7, 11) is 4.00. The van der Waals surface area contributed by atoms with Gasteiger partial charge in [0.1, 0.15) is 10.7 Å². The fraction of sp³-hybridized carbons (Fsp3) is 0.333. The van der Waals surface area contributed by atoms with Gasteiger partial charge in [0.15, 0.2) is 0 Å². The van der Waals surface area contributed by atoms with Gasteiger partial charge in [0, 0.05) is 37.2 Å². The number of piperidine rings is 1. The molecule has 1 fully saturated rings. The van der Waals surface area contributed by atoms with Crippen molar-refractivity contribution in [2.45, 2.75) is 25.8 Å². The minimum Gasteiger partial charge on any atom is -0.462 e. The number of esters is 1. The molecule has 0 radical (unpaired) electrons. The third kappa shape index (κ3) is 5.52. The molecule has 2 aliphatic heterocycles. The summed E-state index contributed by atoms with van der Waals surface area (Å²) in [6.07, 6.45) is 1.94. The molecule has 0 spiro atoms. The molecule has 37 heavy (non-hydrogen) atoms. The van der Waals surface area contributed by atoms with Crippen molar-refractivity contribution in [2.75, 3.05) is 44.0 Å². The molecule has 0 atom stereocenters. The van der Waals surface area contributed by atoms with Crippen molar-refractivity contribution >= 4 is 46.7 Å². The van der Waals surface area contributed by atoms with Gasteiger partial charge in [0.25, 0.3) is 17.7 Å². The molecule has 0 aliphatic carbocycles. The van der Waals surface area contributed by atoms with E-state index in [0.29, 0.717) is 16.8 Å². The second-order valence-electron chi connectivity index (χ2n) is 9.21. The lowest BCUT2D eigenvalue weighted by Gasteiger charge is -2.33. The topological polar surface area (TPSA) is 100 Å². The first-order chi connectivity index (χ1) is 17.7. The van der Waals surface area contributed by atoms with Crippen LogP contribution >= 0.6 is 11.6 Å². The van der Waals surface area contributed by atoms with Crippen LogP contribution in [-0.4, -0.2) is 68.4 Å². The number of ether oxygens (including phenoxy) is 1. The molecular formula is C27H30ClN4O5+. The molecular weight excluding hydrogens is 496 g/mol. The van der Waals surface area contributed by atoms with E-state index in [9.17, 15) is 19.2 Å². The second-order valence-corrected chi connectivity index (χ2v) is 9.59. The lowest BCUT2D eigenvalue weighted by molar-refractivity contribution is -0.885. The first-order valence-corrected chi connectivity index (χ1v) is 12.6. The molecule has 3 amide bonds. The van der Waals surface area contributed by atoms with Crippen LogP contribution in [0, 0.1) is 0 Å². The smallest absolute Gasteiger partial charge is 0.338 e. The first kappa shape index (κ1) is 26.4. The van der Waals surface area contributed by atoms with Crippen molar-refractivity contribution in [3.8, 4) is 0 Å². The SMILES string of the molecule is CCOC(=O)c1ccc(N2C(=O)C(Cl)=C(Nc3ccc(C(=O)N(C)C4CC[NH+](C)CC4)cc3)C2=O)cc1. The van der Waals surface area contributed by atoms with Crippen LogP contribution in [0.2, 0.25) is 0 Å². The second kappa shape index (κ2) is 11.1. The predicted molar refractivity (Wildman–Crippen MR) is 140 cm³/mol. The Morgan fingerprint density at radius 2 is 1.62 bits per heavy atom. The van der Waals surface area contributed by atoms with E-state index in [1.807, 2.05) is 7.05 Å². The van der Waals surface area contributed by atoms with Crippen LogP contribution in [0.3, 0.4) is 0 Å². The first-order valence-electron chi connectivity index (χ1n) is 12.2. The van der Waals surface area contributed by atoms with Crippen molar-refractivity contribution in [3.05, 3.63) is 70.4 Å². The summed E-state index contributed by atoms with van der Waals surface area (Å²) >= 11 is 6.23. The summed E-state index contributed by atoms with van der Waals surface area (Å²) in [5, 5.41) is 2.67. The van der Waals surface area contributed by atoms with Crippen molar-refractivity contribution < 1.29 is 28.8 Å². The fourth-order valence-electron chi connectivity index (χ4n) is 4.50. The van der Waals surface area contributed by atoms with Crippen LogP contribution in [0.1, 0.15) is 40.5 Å². The van der Waals surface area contributed by atoms with Gasteiger partial charge in [-0.2, -0.15) is 0 Å². The van der Waals surface area contributed by atoms with Crippen molar-refractivity contribution in [3.63, 3.8) is 0 Å². The summed E-state index contributed by atoms with van der Waals surface area (Å²) in [6.45, 7) is 4.03. The number of nitrogens with zero attached hydrogens (tertiary/aromatic N) is 2. The Morgan fingerprint density at radius 3 is 2.22 bits per heavy atom. The van der Waals surface area contributed by atoms with Gasteiger partial charge in [-0.1, -0.05) is 11.6 Å². The Balaban J connectivity index is 1.43. The highest BCUT2D eigenvalue weighted by Crippen LogP contribution is 2.30. The van der Waals surface area contributed by atoms with Gasteiger partial charge in [-0.05, 0) is 55.5 Å². The van der Waals surface area contributed by atoms with Gasteiger partial charge in [-0.25, -0.2) is 9.69 Å². The summed E-state index contributed by atoms with van der Waals surface area (Å²) < 4.78 is 4.96. The lowest BCUT2D eigenvalue weighted by atomic mass is 10.0. The summed E-state index contributed by atoms with van der Waals surface area (Å²) in [5.41, 5.74) is 1.57. The van der Waals surface area contributed by atoms with Gasteiger partial charge in [0.05, 0.1) is 38.0 Å². The third-order valence-corrected chi connectivity index (χ3v) is 7.09. The Morgan fingerprint density at radius 1 is 1.03 bits per heavy atom. The Hall–Kier alpha value is -3.69. The van der Waals surface area contributed by atoms with Crippen LogP contribution < -0.4 is 15.1 Å². The number of hydrogen-bond donors (Lipinski definition) is 2. The normalized spacial score (nSPS) is 19.7. The van der Waals surface area contributed by atoms with Gasteiger partial charge in [0.2, 0.25) is 0 Å². The average molecular weight is 526 g/mol. The number of nitrogens with one attached hydrogen (secondary N) is 2. The largest absolute Gasteiger partial charge is 0.462 e. The van der Waals surface area contributed by atoms with E-state index in [0.717, 1.165) is 30.8 Å². The van der Waals surface area contributed by atoms with E-state index in [-0.39, 0.29) is 35.0 Å². The standard InChI is InChI=1S/C27H29ClN4O5/c1-4-37-27(36)18-7-11-21(12-8-18)32-25(34)22(28)23(26(32)35)29-19-9-5-17(6-10-19)24(33)31(3)20-13-15-30(2)16-14-20/h5-12,20,29H,4,13-16H2,1-3H3/p+1. The van der Waals surface area contributed by atoms with E-state index < -0.39 is 17.8 Å². The average Bonchev–Trinajstić information content (AvgIpc) is 3.12. The zero-order chi connectivity index (χ0) is 26.7. The monoisotopic (exact) mass is 525 g/mol. The molecule has 0 aromatic heterocycles. The molecule has 4 rings (SSSR count). The van der Waals surface area contributed by atoms with Crippen LogP contribution in [-0.2, 0) is 14.3 Å². The van der Waals surface area contributed by atoms with Gasteiger partial charge >= 0.3 is 5.97 Å². The van der Waals surface area contributed by atoms with E-state index in [4.69, 9.17) is 16.3 Å². The number of hydrogen-bond acceptors (Lipinski definition) is 6. The van der Waals surface area contributed by atoms with Crippen LogP contribution in [0.15, 0.2) is 59.3 Å². The zero-order valence-corrected chi connectivity index (χ0v) is 21.8. The molecule has 2 aromatic rings. The number of benzene rings is 2. The summed E-state index contributed by atoms with van der Waals surface area (Å²) in [6, 6.07) is 12.9. The highest BCUT2D eigenvalue weighted by atomic mass is 35.5. The fourth-order valence-corrected chi connectivity index (χ4v) is 4.71. The third-order valence-electron chi connectivity index (χ3n) is 6.74. The number of carbonyl (C=O) groups excluding carboxylic acids is 4. The predicted octanol–water partition coefficient (Wildman–Crippen LogP) is 2.05. The molecule has 9 nitrogen and oxygen atoms in total. The molecule has 2 heterocycles. The minimum absolute atomic E-state index is 0.0575. The number of halogens is 1. The Labute approximate surface area is 220 Å². The van der Waals surface area contributed by atoms with Crippen LogP contribution in [0.5, 0.6) is 0 Å². The summed E-state index contributed by atoms with van der Waals surface area (Å²) in [4.78, 5) is 54.9. The molecule has 0 bridgehead atoms. The molecule has 0 saturated carbocycles. The van der Waals surface area contributed by atoms with Gasteiger partial charge in [-0.15, -0.1) is 0 Å². The molecule has 1 saturated heterocycles. The molecule has 2 aliphatic rings. The Bertz CT molecular complexity index is 1230. The molecule has 2 N–H and O–H groups in total. The molecule has 0 unspecified atom stereocenters. The number of rotatable bonds is 7. The number of carbonyl (C=O) groups is 4. The number of imide groups is 1. The van der Waals surface area contributed by atoms with E-state index in [2.05, 4.69) is 12.4 Å². The maximum Gasteiger partial charge on any atom is 0.338 e. The number of quaternary nitrogens is 1. The molecule has 2 aromatic carbocycles. The van der Waals surface area contributed by atoms with E-state index in [1.54, 1.807) is 36.1 Å². The molecule has 10 heteroatoms. The highest BCUT2D eigenvalue weighted by molar-refractivity contribution is 6.53. The highest BCUT2D eigenvalue weighted by Gasteiger charge is 2.39. The quantitative estimate of drug-likeness (QED) is 0.424. The van der Waals surface area contributed by atoms with E-state index in [1.165, 1.54) is 29.2 Å². The zero-order valence-electron chi connectivity index (χ0n) is 21.0. The van der Waals surface area contributed by atoms with Crippen LogP contribution in [0.25, 0.3) is 0 Å². The molecule has 194 valence electrons. The van der Waals surface area contributed by atoms with Gasteiger partial charge in [-0.3, -0.25) is 14.4 Å². The van der Waals surface area contributed by atoms with Crippen molar-refractivity contribution in [1.82, 2.24) is 4.90 Å². The van der Waals surface area contributed by atoms with Gasteiger partial charge < -0.3 is 19.9 Å². The number of likely N-dealkylation sites (tertiary alicyclic amines) is 1. The minimum atomic E-state index is -0.675. The van der Waals surface area contributed by atoms with Crippen LogP contribution in [0.4, 0.5) is 11.4 Å². The van der Waals surface area contributed by atoms with Crippen molar-refractivity contribution in [2.24, 2.45) is 0 Å². The maximum absolute atomic E-state index is 13.1. The lowest BCUT2D eigenvalue weighted by Crippen LogP contribution is -3.10. The maximum atomic E-state index is 13.1. The van der Waals surface area contributed by atoms with E-state index >= 15 is 0 Å². The number of amides is 3.